The van der Waals surface area contributed by atoms with Crippen molar-refractivity contribution in [3.63, 3.8) is 0 Å². The Bertz CT molecular complexity index is 671. The van der Waals surface area contributed by atoms with Crippen molar-refractivity contribution in [1.82, 2.24) is 14.9 Å². The van der Waals surface area contributed by atoms with Crippen LogP contribution in [0.2, 0.25) is 0 Å². The Kier molecular flexibility index (Phi) is 3.77. The van der Waals surface area contributed by atoms with Crippen LogP contribution in [0.5, 0.6) is 0 Å². The number of benzene rings is 1. The van der Waals surface area contributed by atoms with Crippen molar-refractivity contribution in [2.24, 2.45) is 0 Å². The van der Waals surface area contributed by atoms with E-state index in [1.807, 2.05) is 0 Å². The molecule has 1 aromatic carbocycles. The Morgan fingerprint density at radius 3 is 2.74 bits per heavy atom. The summed E-state index contributed by atoms with van der Waals surface area (Å²) in [6.07, 6.45) is 1.53. The normalized spacial score (nSPS) is 11.4. The van der Waals surface area contributed by atoms with E-state index in [9.17, 15) is 8.42 Å². The maximum absolute atomic E-state index is 12.1. The van der Waals surface area contributed by atoms with Gasteiger partial charge in [-0.3, -0.25) is 0 Å². The van der Waals surface area contributed by atoms with E-state index in [2.05, 4.69) is 14.9 Å². The molecule has 2 aromatic rings. The summed E-state index contributed by atoms with van der Waals surface area (Å²) >= 11 is 0. The van der Waals surface area contributed by atoms with E-state index in [0.717, 1.165) is 5.56 Å². The molecule has 19 heavy (non-hydrogen) atoms. The van der Waals surface area contributed by atoms with Crippen LogP contribution >= 0.6 is 0 Å². The lowest BCUT2D eigenvalue weighted by Crippen LogP contribution is -2.24. The van der Waals surface area contributed by atoms with Crippen molar-refractivity contribution in [3.05, 3.63) is 47.8 Å². The number of sulfonamides is 1. The molecule has 0 spiro atoms. The minimum atomic E-state index is -3.57. The molecule has 0 saturated heterocycles. The van der Waals surface area contributed by atoms with E-state index in [4.69, 9.17) is 5.73 Å². The Labute approximate surface area is 111 Å². The smallest absolute Gasteiger partial charge is 0.240 e. The van der Waals surface area contributed by atoms with Crippen molar-refractivity contribution < 1.29 is 8.42 Å². The van der Waals surface area contributed by atoms with Crippen LogP contribution in [-0.2, 0) is 16.6 Å². The van der Waals surface area contributed by atoms with Crippen LogP contribution in [0.1, 0.15) is 11.3 Å². The summed E-state index contributed by atoms with van der Waals surface area (Å²) in [5.41, 5.74) is 7.50. The highest BCUT2D eigenvalue weighted by molar-refractivity contribution is 7.89. The van der Waals surface area contributed by atoms with Crippen LogP contribution in [0.25, 0.3) is 0 Å². The summed E-state index contributed by atoms with van der Waals surface area (Å²) in [5, 5.41) is 7.49. The second kappa shape index (κ2) is 5.33. The number of anilines is 1. The first-order valence-corrected chi connectivity index (χ1v) is 7.10. The van der Waals surface area contributed by atoms with Crippen LogP contribution in [0.15, 0.2) is 41.4 Å². The van der Waals surface area contributed by atoms with Crippen molar-refractivity contribution in [1.29, 1.82) is 0 Å². The average molecular weight is 278 g/mol. The summed E-state index contributed by atoms with van der Waals surface area (Å²) in [5.74, 6) is 0. The molecule has 0 aliphatic carbocycles. The van der Waals surface area contributed by atoms with Gasteiger partial charge < -0.3 is 5.73 Å². The van der Waals surface area contributed by atoms with Crippen LogP contribution in [0.3, 0.4) is 0 Å². The monoisotopic (exact) mass is 278 g/mol. The highest BCUT2D eigenvalue weighted by atomic mass is 32.2. The summed E-state index contributed by atoms with van der Waals surface area (Å²) < 4.78 is 26.6. The molecular weight excluding hydrogens is 264 g/mol. The van der Waals surface area contributed by atoms with Crippen LogP contribution in [-0.4, -0.2) is 18.6 Å². The molecule has 2 rings (SSSR count). The van der Waals surface area contributed by atoms with Gasteiger partial charge in [0.1, 0.15) is 0 Å². The van der Waals surface area contributed by atoms with Crippen molar-refractivity contribution in [2.75, 3.05) is 5.73 Å². The Morgan fingerprint density at radius 1 is 1.32 bits per heavy atom. The lowest BCUT2D eigenvalue weighted by Gasteiger charge is -2.08. The van der Waals surface area contributed by atoms with E-state index in [1.165, 1.54) is 18.3 Å². The van der Waals surface area contributed by atoms with Gasteiger partial charge in [-0.2, -0.15) is 10.2 Å². The molecule has 0 fully saturated rings. The van der Waals surface area contributed by atoms with E-state index in [1.54, 1.807) is 25.1 Å². The highest BCUT2D eigenvalue weighted by Gasteiger charge is 2.14. The van der Waals surface area contributed by atoms with Gasteiger partial charge in [0.2, 0.25) is 10.0 Å². The number of nitrogens with one attached hydrogen (secondary N) is 1. The Hall–Kier alpha value is -1.99. The summed E-state index contributed by atoms with van der Waals surface area (Å²) in [6, 6.07) is 7.98. The number of nitrogens with zero attached hydrogens (tertiary/aromatic N) is 2. The third kappa shape index (κ3) is 3.27. The molecule has 0 unspecified atom stereocenters. The lowest BCUT2D eigenvalue weighted by atomic mass is 10.2. The predicted octanol–water partition coefficient (Wildman–Crippen LogP) is 0.846. The second-order valence-electron chi connectivity index (χ2n) is 4.06. The van der Waals surface area contributed by atoms with Crippen molar-refractivity contribution in [3.8, 4) is 0 Å². The fraction of sp³-hybridized carbons (Fsp3) is 0.167. The SMILES string of the molecule is Cc1cc(S(=O)(=O)NCc2cccnn2)ccc1N. The topological polar surface area (TPSA) is 98.0 Å². The first-order chi connectivity index (χ1) is 8.99. The van der Waals surface area contributed by atoms with Gasteiger partial charge in [0.05, 0.1) is 17.1 Å². The largest absolute Gasteiger partial charge is 0.399 e. The minimum Gasteiger partial charge on any atom is -0.399 e. The van der Waals surface area contributed by atoms with Gasteiger partial charge in [0.25, 0.3) is 0 Å². The molecule has 6 nitrogen and oxygen atoms in total. The number of aromatic nitrogens is 2. The van der Waals surface area contributed by atoms with Gasteiger partial charge in [0.15, 0.2) is 0 Å². The van der Waals surface area contributed by atoms with E-state index < -0.39 is 10.0 Å². The fourth-order valence-corrected chi connectivity index (χ4v) is 2.58. The Morgan fingerprint density at radius 2 is 2.11 bits per heavy atom. The van der Waals surface area contributed by atoms with Crippen LogP contribution < -0.4 is 10.5 Å². The van der Waals surface area contributed by atoms with Gasteiger partial charge >= 0.3 is 0 Å². The molecule has 0 saturated carbocycles. The average Bonchev–Trinajstić information content (AvgIpc) is 2.41. The zero-order valence-corrected chi connectivity index (χ0v) is 11.2. The molecule has 7 heteroatoms. The van der Waals surface area contributed by atoms with Gasteiger partial charge in [0, 0.05) is 11.9 Å². The Balaban J connectivity index is 2.16. The van der Waals surface area contributed by atoms with E-state index in [0.29, 0.717) is 11.4 Å². The molecule has 0 aliphatic heterocycles. The molecule has 0 amide bonds. The number of nitrogens with two attached hydrogens (primary N) is 1. The molecule has 1 aromatic heterocycles. The number of hydrogen-bond acceptors (Lipinski definition) is 5. The number of rotatable bonds is 4. The van der Waals surface area contributed by atoms with Crippen molar-refractivity contribution >= 4 is 15.7 Å². The number of hydrogen-bond donors (Lipinski definition) is 2. The maximum Gasteiger partial charge on any atom is 0.240 e. The molecule has 3 N–H and O–H groups in total. The number of nitrogen functional groups attached to an aromatic ring is 1. The summed E-state index contributed by atoms with van der Waals surface area (Å²) in [6.45, 7) is 1.86. The zero-order chi connectivity index (χ0) is 13.9. The first kappa shape index (κ1) is 13.4. The summed E-state index contributed by atoms with van der Waals surface area (Å²) in [7, 11) is -3.57. The molecule has 0 bridgehead atoms. The van der Waals surface area contributed by atoms with E-state index >= 15 is 0 Å². The third-order valence-electron chi connectivity index (χ3n) is 2.62. The van der Waals surface area contributed by atoms with Gasteiger partial charge in [-0.15, -0.1) is 0 Å². The molecule has 0 aliphatic rings. The van der Waals surface area contributed by atoms with Gasteiger partial charge in [-0.25, -0.2) is 13.1 Å². The molecule has 1 heterocycles. The lowest BCUT2D eigenvalue weighted by molar-refractivity contribution is 0.580. The van der Waals surface area contributed by atoms with Crippen LogP contribution in [0.4, 0.5) is 5.69 Å². The van der Waals surface area contributed by atoms with E-state index in [-0.39, 0.29) is 11.4 Å². The van der Waals surface area contributed by atoms with Crippen molar-refractivity contribution in [2.45, 2.75) is 18.4 Å². The molecular formula is C12H14N4O2S. The minimum absolute atomic E-state index is 0.0968. The third-order valence-corrected chi connectivity index (χ3v) is 4.02. The summed E-state index contributed by atoms with van der Waals surface area (Å²) in [4.78, 5) is 0.183. The van der Waals surface area contributed by atoms with Gasteiger partial charge in [-0.05, 0) is 42.8 Å². The highest BCUT2D eigenvalue weighted by Crippen LogP contribution is 2.16. The zero-order valence-electron chi connectivity index (χ0n) is 10.4. The second-order valence-corrected chi connectivity index (χ2v) is 5.82. The van der Waals surface area contributed by atoms with Gasteiger partial charge in [-0.1, -0.05) is 0 Å². The standard InChI is InChI=1S/C12H14N4O2S/c1-9-7-11(4-5-12(9)13)19(17,18)15-8-10-3-2-6-14-16-10/h2-7,15H,8,13H2,1H3. The molecule has 0 atom stereocenters. The molecule has 100 valence electrons. The fourth-order valence-electron chi connectivity index (χ4n) is 1.50. The predicted molar refractivity (Wildman–Crippen MR) is 71.6 cm³/mol. The number of aryl methyl sites for hydroxylation is 1. The maximum atomic E-state index is 12.1. The first-order valence-electron chi connectivity index (χ1n) is 5.61. The quantitative estimate of drug-likeness (QED) is 0.808. The van der Waals surface area contributed by atoms with Crippen LogP contribution in [0, 0.1) is 6.92 Å². The molecule has 0 radical (unpaired) electrons.